The van der Waals surface area contributed by atoms with Crippen LogP contribution >= 0.6 is 0 Å². The summed E-state index contributed by atoms with van der Waals surface area (Å²) in [6.45, 7) is -0.217. The predicted molar refractivity (Wildman–Crippen MR) is 68.2 cm³/mol. The van der Waals surface area contributed by atoms with E-state index in [9.17, 15) is 14.7 Å². The van der Waals surface area contributed by atoms with Crippen molar-refractivity contribution in [3.05, 3.63) is 35.9 Å². The zero-order valence-electron chi connectivity index (χ0n) is 10.4. The maximum atomic E-state index is 11.4. The molecule has 0 fully saturated rings. The van der Waals surface area contributed by atoms with Gasteiger partial charge in [0.25, 0.3) is 0 Å². The van der Waals surface area contributed by atoms with Crippen LogP contribution < -0.4 is 5.32 Å². The highest BCUT2D eigenvalue weighted by molar-refractivity contribution is 5.92. The monoisotopic (exact) mass is 265 g/mol. The van der Waals surface area contributed by atoms with Crippen molar-refractivity contribution in [2.75, 3.05) is 13.7 Å². The number of hydrogen-bond donors (Lipinski definition) is 3. The number of phenols is 1. The van der Waals surface area contributed by atoms with Crippen LogP contribution in [0.25, 0.3) is 6.08 Å². The summed E-state index contributed by atoms with van der Waals surface area (Å²) >= 11 is 0. The summed E-state index contributed by atoms with van der Waals surface area (Å²) in [5.41, 5.74) is 0.737. The zero-order valence-corrected chi connectivity index (χ0v) is 10.4. The first-order chi connectivity index (χ1) is 9.02. The number of phenolic OH excluding ortho intramolecular Hbond substituents is 1. The fourth-order valence-electron chi connectivity index (χ4n) is 1.23. The standard InChI is InChI=1S/C13H15NO5/c1-19-13(18)11(16)8-14-12(17)7-4-9-2-5-10(15)6-3-9/h2-7,11,15-16H,8H2,1H3,(H,14,17)/b7-4+. The van der Waals surface area contributed by atoms with Gasteiger partial charge in [-0.2, -0.15) is 0 Å². The summed E-state index contributed by atoms with van der Waals surface area (Å²) in [4.78, 5) is 22.3. The lowest BCUT2D eigenvalue weighted by Crippen LogP contribution is -2.36. The van der Waals surface area contributed by atoms with Gasteiger partial charge in [0.15, 0.2) is 6.10 Å². The molecule has 1 atom stereocenters. The molecule has 1 unspecified atom stereocenters. The second-order valence-electron chi connectivity index (χ2n) is 3.71. The molecule has 1 aromatic rings. The first kappa shape index (κ1) is 14.7. The Hall–Kier alpha value is -2.34. The Morgan fingerprint density at radius 1 is 1.37 bits per heavy atom. The third kappa shape index (κ3) is 5.22. The number of aliphatic hydroxyl groups excluding tert-OH is 1. The third-order valence-electron chi connectivity index (χ3n) is 2.26. The lowest BCUT2D eigenvalue weighted by atomic mass is 10.2. The van der Waals surface area contributed by atoms with Gasteiger partial charge in [0.05, 0.1) is 13.7 Å². The summed E-state index contributed by atoms with van der Waals surface area (Å²) in [5.74, 6) is -1.11. The van der Waals surface area contributed by atoms with Crippen LogP contribution in [0.5, 0.6) is 5.75 Å². The molecule has 1 rings (SSSR count). The van der Waals surface area contributed by atoms with Crippen molar-refractivity contribution in [2.24, 2.45) is 0 Å². The number of benzene rings is 1. The molecule has 0 saturated heterocycles. The maximum Gasteiger partial charge on any atom is 0.336 e. The fourth-order valence-corrected chi connectivity index (χ4v) is 1.23. The van der Waals surface area contributed by atoms with Crippen LogP contribution in [-0.2, 0) is 14.3 Å². The van der Waals surface area contributed by atoms with E-state index in [1.165, 1.54) is 18.2 Å². The predicted octanol–water partition coefficient (Wildman–Crippen LogP) is 0.0555. The number of nitrogens with one attached hydrogen (secondary N) is 1. The number of ether oxygens (including phenoxy) is 1. The van der Waals surface area contributed by atoms with Gasteiger partial charge >= 0.3 is 5.97 Å². The van der Waals surface area contributed by atoms with Gasteiger partial charge in [-0.15, -0.1) is 0 Å². The van der Waals surface area contributed by atoms with E-state index in [-0.39, 0.29) is 12.3 Å². The molecule has 0 aliphatic rings. The van der Waals surface area contributed by atoms with Gasteiger partial charge in [-0.1, -0.05) is 12.1 Å². The maximum absolute atomic E-state index is 11.4. The lowest BCUT2D eigenvalue weighted by Gasteiger charge is -2.07. The first-order valence-electron chi connectivity index (χ1n) is 5.53. The molecule has 0 aliphatic carbocycles. The fraction of sp³-hybridized carbons (Fsp3) is 0.231. The molecule has 19 heavy (non-hydrogen) atoms. The summed E-state index contributed by atoms with van der Waals surface area (Å²) in [6.07, 6.45) is 1.42. The van der Waals surface area contributed by atoms with E-state index >= 15 is 0 Å². The number of carbonyl (C=O) groups excluding carboxylic acids is 2. The van der Waals surface area contributed by atoms with Crippen molar-refractivity contribution >= 4 is 18.0 Å². The van der Waals surface area contributed by atoms with E-state index in [1.807, 2.05) is 0 Å². The Labute approximate surface area is 110 Å². The average molecular weight is 265 g/mol. The highest BCUT2D eigenvalue weighted by atomic mass is 16.5. The minimum absolute atomic E-state index is 0.141. The van der Waals surface area contributed by atoms with Gasteiger partial charge in [-0.25, -0.2) is 4.79 Å². The Morgan fingerprint density at radius 2 is 2.00 bits per heavy atom. The van der Waals surface area contributed by atoms with Crippen molar-refractivity contribution < 1.29 is 24.5 Å². The van der Waals surface area contributed by atoms with E-state index in [0.717, 1.165) is 12.7 Å². The summed E-state index contributed by atoms with van der Waals surface area (Å²) in [6, 6.07) is 6.28. The van der Waals surface area contributed by atoms with E-state index < -0.39 is 18.0 Å². The number of amides is 1. The Bertz CT molecular complexity index is 466. The zero-order chi connectivity index (χ0) is 14.3. The highest BCUT2D eigenvalue weighted by Crippen LogP contribution is 2.10. The third-order valence-corrected chi connectivity index (χ3v) is 2.26. The molecular formula is C13H15NO5. The van der Waals surface area contributed by atoms with Crippen LogP contribution in [0.3, 0.4) is 0 Å². The van der Waals surface area contributed by atoms with E-state index in [0.29, 0.717) is 0 Å². The topological polar surface area (TPSA) is 95.9 Å². The molecule has 0 aromatic heterocycles. The molecular weight excluding hydrogens is 250 g/mol. The Kier molecular flexibility index (Phi) is 5.56. The molecule has 0 bridgehead atoms. The highest BCUT2D eigenvalue weighted by Gasteiger charge is 2.15. The second-order valence-corrected chi connectivity index (χ2v) is 3.71. The smallest absolute Gasteiger partial charge is 0.336 e. The minimum atomic E-state index is -1.38. The van der Waals surface area contributed by atoms with Crippen molar-refractivity contribution in [1.29, 1.82) is 0 Å². The summed E-state index contributed by atoms with van der Waals surface area (Å²) in [7, 11) is 1.15. The number of aliphatic hydroxyl groups is 1. The molecule has 0 aliphatic heterocycles. The van der Waals surface area contributed by atoms with Crippen LogP contribution in [0.15, 0.2) is 30.3 Å². The number of esters is 1. The number of carbonyl (C=O) groups is 2. The van der Waals surface area contributed by atoms with E-state index in [4.69, 9.17) is 5.11 Å². The number of hydrogen-bond acceptors (Lipinski definition) is 5. The van der Waals surface area contributed by atoms with Gasteiger partial charge in [0, 0.05) is 6.08 Å². The Morgan fingerprint density at radius 3 is 2.58 bits per heavy atom. The summed E-state index contributed by atoms with van der Waals surface area (Å²) in [5, 5.41) is 20.7. The summed E-state index contributed by atoms with van der Waals surface area (Å²) < 4.78 is 4.30. The van der Waals surface area contributed by atoms with Crippen LogP contribution in [-0.4, -0.2) is 41.8 Å². The van der Waals surface area contributed by atoms with Gasteiger partial charge in [0.1, 0.15) is 5.75 Å². The number of rotatable bonds is 5. The first-order valence-corrected chi connectivity index (χ1v) is 5.53. The molecule has 0 heterocycles. The van der Waals surface area contributed by atoms with Gasteiger partial charge in [-0.05, 0) is 23.8 Å². The molecule has 0 spiro atoms. The van der Waals surface area contributed by atoms with Gasteiger partial charge in [-0.3, -0.25) is 4.79 Å². The second kappa shape index (κ2) is 7.17. The van der Waals surface area contributed by atoms with Crippen molar-refractivity contribution in [3.8, 4) is 5.75 Å². The van der Waals surface area contributed by atoms with E-state index in [1.54, 1.807) is 18.2 Å². The van der Waals surface area contributed by atoms with Crippen molar-refractivity contribution in [2.45, 2.75) is 6.10 Å². The SMILES string of the molecule is COC(=O)C(O)CNC(=O)/C=C/c1ccc(O)cc1. The van der Waals surface area contributed by atoms with Crippen molar-refractivity contribution in [3.63, 3.8) is 0 Å². The molecule has 1 aromatic carbocycles. The number of aromatic hydroxyl groups is 1. The molecule has 102 valence electrons. The van der Waals surface area contributed by atoms with Crippen LogP contribution in [0.2, 0.25) is 0 Å². The lowest BCUT2D eigenvalue weighted by molar-refractivity contribution is -0.150. The number of methoxy groups -OCH3 is 1. The van der Waals surface area contributed by atoms with Crippen LogP contribution in [0, 0.1) is 0 Å². The van der Waals surface area contributed by atoms with Crippen molar-refractivity contribution in [1.82, 2.24) is 5.32 Å². The minimum Gasteiger partial charge on any atom is -0.508 e. The molecule has 0 saturated carbocycles. The molecule has 3 N–H and O–H groups in total. The van der Waals surface area contributed by atoms with E-state index in [2.05, 4.69) is 10.1 Å². The largest absolute Gasteiger partial charge is 0.508 e. The average Bonchev–Trinajstić information content (AvgIpc) is 2.43. The molecule has 6 nitrogen and oxygen atoms in total. The molecule has 1 amide bonds. The van der Waals surface area contributed by atoms with Gasteiger partial charge in [0.2, 0.25) is 5.91 Å². The van der Waals surface area contributed by atoms with Gasteiger partial charge < -0.3 is 20.3 Å². The van der Waals surface area contributed by atoms with Crippen LogP contribution in [0.4, 0.5) is 0 Å². The van der Waals surface area contributed by atoms with Crippen LogP contribution in [0.1, 0.15) is 5.56 Å². The Balaban J connectivity index is 2.43. The normalized spacial score (nSPS) is 12.1. The molecule has 0 radical (unpaired) electrons. The molecule has 6 heteroatoms. The quantitative estimate of drug-likeness (QED) is 0.516.